The number of halogens is 11. The average Bonchev–Trinajstić information content (AvgIpc) is 3.16. The number of fused-ring (bicyclic) bond motifs is 1. The van der Waals surface area contributed by atoms with Gasteiger partial charge in [-0.25, -0.2) is 43.2 Å². The molecule has 34 heavy (non-hydrogen) atoms. The Balaban J connectivity index is 2.52. The highest BCUT2D eigenvalue weighted by atomic mass is 32.3. The van der Waals surface area contributed by atoms with Gasteiger partial charge in [-0.2, -0.15) is 13.2 Å². The largest absolute Gasteiger partial charge is 0.495 e. The van der Waals surface area contributed by atoms with Crippen LogP contribution >= 0.6 is 0 Å². The first kappa shape index (κ1) is 26.3. The van der Waals surface area contributed by atoms with Crippen LogP contribution < -0.4 is 0 Å². The Hall–Kier alpha value is -2.30. The number of rotatable bonds is 3. The second kappa shape index (κ2) is 8.13. The van der Waals surface area contributed by atoms with Crippen LogP contribution in [0.4, 0.5) is 48.3 Å². The second-order valence-electron chi connectivity index (χ2n) is 7.14. The van der Waals surface area contributed by atoms with Crippen molar-refractivity contribution in [3.63, 3.8) is 0 Å². The maximum Gasteiger partial charge on any atom is 0.495 e. The van der Waals surface area contributed by atoms with Crippen LogP contribution in [0.15, 0.2) is 15.6 Å². The maximum absolute atomic E-state index is 15.0. The van der Waals surface area contributed by atoms with Crippen molar-refractivity contribution < 1.29 is 65.1 Å². The molecule has 0 heterocycles. The van der Waals surface area contributed by atoms with Crippen molar-refractivity contribution in [2.45, 2.75) is 36.2 Å². The van der Waals surface area contributed by atoms with E-state index >= 15 is 4.39 Å². The number of allylic oxidation sites excluding steroid dienone is 2. The molecule has 0 amide bonds. The minimum atomic E-state index is -7.30. The van der Waals surface area contributed by atoms with Gasteiger partial charge in [-0.15, -0.1) is 0 Å². The number of hydrogen-bond donors (Lipinski definition) is 0. The van der Waals surface area contributed by atoms with E-state index in [4.69, 9.17) is 0 Å². The van der Waals surface area contributed by atoms with Gasteiger partial charge in [0.25, 0.3) is 9.84 Å². The summed E-state index contributed by atoms with van der Waals surface area (Å²) in [5, 5.41) is -2.29. The minimum absolute atomic E-state index is 0.607. The Bertz CT molecular complexity index is 1340. The smallest absolute Gasteiger partial charge is 0.254 e. The van der Waals surface area contributed by atoms with Crippen molar-refractivity contribution in [2.75, 3.05) is 0 Å². The van der Waals surface area contributed by atoms with Crippen LogP contribution in [0.3, 0.4) is 0 Å². The van der Waals surface area contributed by atoms with Crippen LogP contribution in [0.5, 0.6) is 0 Å². The van der Waals surface area contributed by atoms with Gasteiger partial charge in [0.05, 0.1) is 17.2 Å². The standard InChI is InChI=1S/C17H8F11O4S2/c18-4-1-2-5(3-4)33(29,30)16(34(31,32)17(26,27)28)8-9(19)6-7(10(20)13(8)23)12(22)15(25)14(24)11(6)21/h4-5H,1-3H2/q-1/b16-8-. The number of alkyl halides is 4. The zero-order valence-corrected chi connectivity index (χ0v) is 17.5. The predicted octanol–water partition coefficient (Wildman–Crippen LogP) is 5.17. The summed E-state index contributed by atoms with van der Waals surface area (Å²) in [4.78, 5) is 0. The van der Waals surface area contributed by atoms with Crippen molar-refractivity contribution in [3.05, 3.63) is 56.2 Å². The van der Waals surface area contributed by atoms with E-state index in [0.29, 0.717) is 0 Å². The molecule has 1 saturated carbocycles. The first-order valence-electron chi connectivity index (χ1n) is 8.76. The normalized spacial score (nSPS) is 23.4. The fourth-order valence-electron chi connectivity index (χ4n) is 3.52. The van der Waals surface area contributed by atoms with Crippen molar-refractivity contribution in [3.8, 4) is 0 Å². The summed E-state index contributed by atoms with van der Waals surface area (Å²) in [6, 6.07) is 0. The van der Waals surface area contributed by atoms with Crippen LogP contribution in [0.1, 0.15) is 30.4 Å². The van der Waals surface area contributed by atoms with Crippen LogP contribution in [-0.4, -0.2) is 33.8 Å². The molecule has 0 saturated heterocycles. The second-order valence-corrected chi connectivity index (χ2v) is 11.4. The van der Waals surface area contributed by atoms with Gasteiger partial charge in [-0.1, -0.05) is 0 Å². The van der Waals surface area contributed by atoms with E-state index in [0.717, 1.165) is 0 Å². The van der Waals surface area contributed by atoms with Crippen LogP contribution in [0, 0.1) is 29.4 Å². The molecule has 0 aromatic heterocycles. The van der Waals surface area contributed by atoms with E-state index < -0.39 is 118 Å². The van der Waals surface area contributed by atoms with Crippen molar-refractivity contribution in [2.24, 2.45) is 0 Å². The molecule has 17 heteroatoms. The molecular formula is C17H8F11O4S2-. The molecule has 2 atom stereocenters. The summed E-state index contributed by atoms with van der Waals surface area (Å²) < 4.78 is 199. The lowest BCUT2D eigenvalue weighted by Gasteiger charge is -2.32. The third kappa shape index (κ3) is 3.67. The van der Waals surface area contributed by atoms with Gasteiger partial charge in [-0.05, 0) is 36.0 Å². The molecule has 2 unspecified atom stereocenters. The predicted molar refractivity (Wildman–Crippen MR) is 92.3 cm³/mol. The molecule has 3 rings (SSSR count). The van der Waals surface area contributed by atoms with E-state index in [1.807, 2.05) is 0 Å². The van der Waals surface area contributed by atoms with Crippen LogP contribution in [0.25, 0.3) is 5.83 Å². The van der Waals surface area contributed by atoms with E-state index in [2.05, 4.69) is 0 Å². The molecule has 0 spiro atoms. The molecule has 1 aromatic rings. The lowest BCUT2D eigenvalue weighted by atomic mass is 9.89. The van der Waals surface area contributed by atoms with Crippen LogP contribution in [0.2, 0.25) is 0 Å². The van der Waals surface area contributed by atoms with E-state index in [-0.39, 0.29) is 0 Å². The number of sulfone groups is 2. The summed E-state index contributed by atoms with van der Waals surface area (Å²) in [5.41, 5.74) is -14.1. The monoisotopic (exact) mass is 549 g/mol. The zero-order valence-electron chi connectivity index (χ0n) is 15.9. The number of benzene rings is 1. The quantitative estimate of drug-likeness (QED) is 0.226. The first-order chi connectivity index (χ1) is 15.4. The summed E-state index contributed by atoms with van der Waals surface area (Å²) in [5.74, 6) is -17.2. The van der Waals surface area contributed by atoms with E-state index in [9.17, 15) is 60.7 Å². The molecule has 1 fully saturated rings. The third-order valence-corrected chi connectivity index (χ3v) is 9.79. The molecule has 0 radical (unpaired) electrons. The molecule has 0 aliphatic heterocycles. The molecule has 190 valence electrons. The number of hydrogen-bond acceptors (Lipinski definition) is 4. The van der Waals surface area contributed by atoms with Crippen molar-refractivity contribution >= 4 is 25.5 Å². The molecule has 1 aromatic carbocycles. The summed E-state index contributed by atoms with van der Waals surface area (Å²) in [7, 11) is -13.4. The molecule has 0 bridgehead atoms. The Labute approximate surface area is 183 Å². The Morgan fingerprint density at radius 1 is 0.824 bits per heavy atom. The van der Waals surface area contributed by atoms with Gasteiger partial charge < -0.3 is 0 Å². The van der Waals surface area contributed by atoms with Gasteiger partial charge in [0, 0.05) is 0 Å². The topological polar surface area (TPSA) is 68.3 Å². The molecule has 0 N–H and O–H groups in total. The Morgan fingerprint density at radius 3 is 1.82 bits per heavy atom. The highest BCUT2D eigenvalue weighted by Gasteiger charge is 2.55. The van der Waals surface area contributed by atoms with Crippen LogP contribution in [-0.2, 0) is 19.7 Å². The lowest BCUT2D eigenvalue weighted by Crippen LogP contribution is -2.35. The minimum Gasteiger partial charge on any atom is -0.254 e. The fraction of sp³-hybridized carbons (Fsp3) is 0.353. The summed E-state index contributed by atoms with van der Waals surface area (Å²) >= 11 is 0. The summed E-state index contributed by atoms with van der Waals surface area (Å²) in [6.45, 7) is 0. The first-order valence-corrected chi connectivity index (χ1v) is 11.8. The highest BCUT2D eigenvalue weighted by molar-refractivity contribution is 8.15. The summed E-state index contributed by atoms with van der Waals surface area (Å²) in [6.07, 6.45) is -7.49. The lowest BCUT2D eigenvalue weighted by molar-refractivity contribution is -0.0425. The molecular weight excluding hydrogens is 541 g/mol. The molecule has 2 aliphatic rings. The van der Waals surface area contributed by atoms with Gasteiger partial charge in [0.2, 0.25) is 0 Å². The molecule has 2 aliphatic carbocycles. The SMILES string of the molecule is O=S(=O)(/C(=C1/C(F)=C(F)c2c(F)c(F)c(F)c(F)c2[C-]1F)S(=O)(=O)C(F)(F)F)C1CCC(F)C1. The van der Waals surface area contributed by atoms with Crippen molar-refractivity contribution in [1.82, 2.24) is 0 Å². The van der Waals surface area contributed by atoms with Gasteiger partial charge in [0.1, 0.15) is 27.9 Å². The van der Waals surface area contributed by atoms with Gasteiger partial charge >= 0.3 is 5.51 Å². The van der Waals surface area contributed by atoms with Crippen molar-refractivity contribution in [1.29, 1.82) is 0 Å². The Kier molecular flexibility index (Phi) is 6.29. The van der Waals surface area contributed by atoms with Gasteiger partial charge in [-0.3, -0.25) is 8.78 Å². The van der Waals surface area contributed by atoms with E-state index in [1.54, 1.807) is 0 Å². The zero-order chi connectivity index (χ0) is 26.1. The fourth-order valence-corrected chi connectivity index (χ4v) is 7.77. The average molecular weight is 549 g/mol. The Morgan fingerprint density at radius 2 is 1.35 bits per heavy atom. The maximum atomic E-state index is 15.0. The van der Waals surface area contributed by atoms with Gasteiger partial charge in [0.15, 0.2) is 21.5 Å². The van der Waals surface area contributed by atoms with E-state index in [1.165, 1.54) is 0 Å². The third-order valence-electron chi connectivity index (χ3n) is 5.11. The molecule has 4 nitrogen and oxygen atoms in total. The highest BCUT2D eigenvalue weighted by Crippen LogP contribution is 2.51.